The van der Waals surface area contributed by atoms with Crippen LogP contribution in [-0.2, 0) is 23.1 Å². The smallest absolute Gasteiger partial charge is 0.314 e. The molecule has 0 radical (unpaired) electrons. The van der Waals surface area contributed by atoms with Gasteiger partial charge in [0, 0.05) is 5.56 Å². The van der Waals surface area contributed by atoms with Gasteiger partial charge in [-0.2, -0.15) is 0 Å². The maximum Gasteiger partial charge on any atom is 0.314 e. The van der Waals surface area contributed by atoms with Crippen molar-refractivity contribution >= 4 is 5.97 Å². The van der Waals surface area contributed by atoms with Crippen LogP contribution in [0.4, 0.5) is 0 Å². The summed E-state index contributed by atoms with van der Waals surface area (Å²) >= 11 is 0. The Morgan fingerprint density at radius 2 is 1.85 bits per heavy atom. The summed E-state index contributed by atoms with van der Waals surface area (Å²) in [5.41, 5.74) is 2.78. The summed E-state index contributed by atoms with van der Waals surface area (Å²) < 4.78 is 5.67. The van der Waals surface area contributed by atoms with Crippen LogP contribution < -0.4 is 4.74 Å². The molecule has 1 aromatic rings. The SMILES string of the molecule is COc1c(C2(C(=O)O)CCCC2)ccc2c1CCCC2. The monoisotopic (exact) mass is 274 g/mol. The average molecular weight is 274 g/mol. The van der Waals surface area contributed by atoms with Gasteiger partial charge in [-0.05, 0) is 49.7 Å². The van der Waals surface area contributed by atoms with E-state index >= 15 is 0 Å². The van der Waals surface area contributed by atoms with E-state index in [0.717, 1.165) is 49.8 Å². The van der Waals surface area contributed by atoms with E-state index < -0.39 is 11.4 Å². The molecule has 0 spiro atoms. The molecule has 0 amide bonds. The Hall–Kier alpha value is -1.51. The fraction of sp³-hybridized carbons (Fsp3) is 0.588. The molecule has 108 valence electrons. The molecule has 0 atom stereocenters. The quantitative estimate of drug-likeness (QED) is 0.918. The van der Waals surface area contributed by atoms with Gasteiger partial charge in [0.25, 0.3) is 0 Å². The number of hydrogen-bond donors (Lipinski definition) is 1. The van der Waals surface area contributed by atoms with Gasteiger partial charge in [0.05, 0.1) is 12.5 Å². The molecule has 0 bridgehead atoms. The Balaban J connectivity index is 2.15. The molecule has 2 aliphatic rings. The van der Waals surface area contributed by atoms with E-state index in [1.807, 2.05) is 6.07 Å². The number of fused-ring (bicyclic) bond motifs is 1. The van der Waals surface area contributed by atoms with E-state index in [9.17, 15) is 9.90 Å². The molecule has 0 unspecified atom stereocenters. The standard InChI is InChI=1S/C17H22O3/c1-20-15-13-7-3-2-6-12(13)8-9-14(15)17(16(18)19)10-4-5-11-17/h8-9H,2-7,10-11H2,1H3,(H,18,19). The first-order valence-electron chi connectivity index (χ1n) is 7.62. The lowest BCUT2D eigenvalue weighted by Gasteiger charge is -2.29. The van der Waals surface area contributed by atoms with E-state index in [1.165, 1.54) is 24.0 Å². The van der Waals surface area contributed by atoms with Gasteiger partial charge < -0.3 is 9.84 Å². The third-order valence-electron chi connectivity index (χ3n) is 5.07. The van der Waals surface area contributed by atoms with Crippen LogP contribution >= 0.6 is 0 Å². The van der Waals surface area contributed by atoms with Gasteiger partial charge in [0.2, 0.25) is 0 Å². The van der Waals surface area contributed by atoms with Crippen LogP contribution in [0.5, 0.6) is 5.75 Å². The number of aryl methyl sites for hydroxylation is 1. The van der Waals surface area contributed by atoms with Crippen molar-refractivity contribution in [2.24, 2.45) is 0 Å². The molecule has 2 aliphatic carbocycles. The first-order chi connectivity index (χ1) is 9.69. The lowest BCUT2D eigenvalue weighted by atomic mass is 9.76. The zero-order valence-electron chi connectivity index (χ0n) is 12.1. The van der Waals surface area contributed by atoms with Gasteiger partial charge in [-0.3, -0.25) is 4.79 Å². The van der Waals surface area contributed by atoms with Crippen LogP contribution in [0.2, 0.25) is 0 Å². The predicted octanol–water partition coefficient (Wildman–Crippen LogP) is 3.47. The van der Waals surface area contributed by atoms with Crippen molar-refractivity contribution in [3.05, 3.63) is 28.8 Å². The van der Waals surface area contributed by atoms with Gasteiger partial charge in [-0.15, -0.1) is 0 Å². The Morgan fingerprint density at radius 1 is 1.15 bits per heavy atom. The summed E-state index contributed by atoms with van der Waals surface area (Å²) in [6.07, 6.45) is 7.95. The summed E-state index contributed by atoms with van der Waals surface area (Å²) in [6.45, 7) is 0. The normalized spacial score (nSPS) is 20.4. The molecule has 1 saturated carbocycles. The zero-order chi connectivity index (χ0) is 14.2. The Morgan fingerprint density at radius 3 is 2.50 bits per heavy atom. The molecule has 1 fully saturated rings. The number of rotatable bonds is 3. The summed E-state index contributed by atoms with van der Waals surface area (Å²) in [6, 6.07) is 4.15. The number of carboxylic acid groups (broad SMARTS) is 1. The second kappa shape index (κ2) is 5.12. The predicted molar refractivity (Wildman–Crippen MR) is 77.4 cm³/mol. The lowest BCUT2D eigenvalue weighted by molar-refractivity contribution is -0.143. The maximum absolute atomic E-state index is 11.9. The third kappa shape index (κ3) is 1.91. The first-order valence-corrected chi connectivity index (χ1v) is 7.62. The number of benzene rings is 1. The molecule has 0 saturated heterocycles. The molecular weight excluding hydrogens is 252 g/mol. The van der Waals surface area contributed by atoms with Gasteiger partial charge in [0.1, 0.15) is 5.75 Å². The van der Waals surface area contributed by atoms with Crippen LogP contribution in [0, 0.1) is 0 Å². The zero-order valence-corrected chi connectivity index (χ0v) is 12.1. The van der Waals surface area contributed by atoms with Crippen LogP contribution in [-0.4, -0.2) is 18.2 Å². The van der Waals surface area contributed by atoms with Crippen LogP contribution in [0.25, 0.3) is 0 Å². The van der Waals surface area contributed by atoms with Crippen molar-refractivity contribution in [2.75, 3.05) is 7.11 Å². The van der Waals surface area contributed by atoms with Crippen LogP contribution in [0.3, 0.4) is 0 Å². The molecule has 1 N–H and O–H groups in total. The molecule has 0 aliphatic heterocycles. The minimum Gasteiger partial charge on any atom is -0.496 e. The molecular formula is C17H22O3. The van der Waals surface area contributed by atoms with Crippen molar-refractivity contribution in [2.45, 2.75) is 56.8 Å². The maximum atomic E-state index is 11.9. The fourth-order valence-electron chi connectivity index (χ4n) is 3.98. The van der Waals surface area contributed by atoms with Crippen molar-refractivity contribution < 1.29 is 14.6 Å². The van der Waals surface area contributed by atoms with Crippen molar-refractivity contribution in [1.29, 1.82) is 0 Å². The fourth-order valence-corrected chi connectivity index (χ4v) is 3.98. The van der Waals surface area contributed by atoms with Gasteiger partial charge >= 0.3 is 5.97 Å². The number of ether oxygens (including phenoxy) is 1. The summed E-state index contributed by atoms with van der Waals surface area (Å²) in [7, 11) is 1.68. The molecule has 1 aromatic carbocycles. The minimum absolute atomic E-state index is 0.691. The summed E-state index contributed by atoms with van der Waals surface area (Å²) in [5.74, 6) is 0.163. The van der Waals surface area contributed by atoms with Crippen LogP contribution in [0.1, 0.15) is 55.2 Å². The number of carboxylic acids is 1. The molecule has 3 heteroatoms. The number of aliphatic carboxylic acids is 1. The Labute approximate surface area is 120 Å². The van der Waals surface area contributed by atoms with Gasteiger partial charge in [0.15, 0.2) is 0 Å². The molecule has 0 heterocycles. The van der Waals surface area contributed by atoms with E-state index in [4.69, 9.17) is 4.74 Å². The number of hydrogen-bond acceptors (Lipinski definition) is 2. The lowest BCUT2D eigenvalue weighted by Crippen LogP contribution is -2.33. The summed E-state index contributed by atoms with van der Waals surface area (Å²) in [5, 5.41) is 9.79. The van der Waals surface area contributed by atoms with Gasteiger partial charge in [-0.1, -0.05) is 25.0 Å². The minimum atomic E-state index is -0.724. The highest BCUT2D eigenvalue weighted by Crippen LogP contribution is 2.47. The Kier molecular flexibility index (Phi) is 3.45. The second-order valence-corrected chi connectivity index (χ2v) is 6.09. The van der Waals surface area contributed by atoms with E-state index in [1.54, 1.807) is 7.11 Å². The third-order valence-corrected chi connectivity index (χ3v) is 5.07. The highest BCUT2D eigenvalue weighted by molar-refractivity contribution is 5.83. The highest BCUT2D eigenvalue weighted by atomic mass is 16.5. The number of methoxy groups -OCH3 is 1. The molecule has 0 aromatic heterocycles. The van der Waals surface area contributed by atoms with E-state index in [0.29, 0.717) is 0 Å². The molecule has 20 heavy (non-hydrogen) atoms. The Bertz CT molecular complexity index is 527. The first kappa shape index (κ1) is 13.5. The van der Waals surface area contributed by atoms with Crippen molar-refractivity contribution in [3.63, 3.8) is 0 Å². The van der Waals surface area contributed by atoms with Crippen molar-refractivity contribution in [3.8, 4) is 5.75 Å². The van der Waals surface area contributed by atoms with E-state index in [2.05, 4.69) is 6.07 Å². The second-order valence-electron chi connectivity index (χ2n) is 6.09. The van der Waals surface area contributed by atoms with E-state index in [-0.39, 0.29) is 0 Å². The molecule has 3 nitrogen and oxygen atoms in total. The number of carbonyl (C=O) groups is 1. The highest BCUT2D eigenvalue weighted by Gasteiger charge is 2.45. The molecule has 3 rings (SSSR count). The van der Waals surface area contributed by atoms with Crippen molar-refractivity contribution in [1.82, 2.24) is 0 Å². The topological polar surface area (TPSA) is 46.5 Å². The van der Waals surface area contributed by atoms with Crippen LogP contribution in [0.15, 0.2) is 12.1 Å². The van der Waals surface area contributed by atoms with Gasteiger partial charge in [-0.25, -0.2) is 0 Å². The average Bonchev–Trinajstić information content (AvgIpc) is 2.96. The largest absolute Gasteiger partial charge is 0.496 e. The summed E-state index contributed by atoms with van der Waals surface area (Å²) in [4.78, 5) is 11.9.